The Labute approximate surface area is 161 Å². The highest BCUT2D eigenvalue weighted by Crippen LogP contribution is 2.30. The molecule has 1 aromatic heterocycles. The van der Waals surface area contributed by atoms with Gasteiger partial charge in [0.25, 0.3) is 0 Å². The molecule has 7 heteroatoms. The maximum absolute atomic E-state index is 12.3. The van der Waals surface area contributed by atoms with Crippen molar-refractivity contribution in [3.8, 4) is 0 Å². The summed E-state index contributed by atoms with van der Waals surface area (Å²) < 4.78 is 0.766. The Hall–Kier alpha value is -2.38. The first-order valence-electron chi connectivity index (χ1n) is 8.25. The minimum atomic E-state index is -0.237. The van der Waals surface area contributed by atoms with Crippen LogP contribution < -0.4 is 10.6 Å². The number of nitrogens with one attached hydrogen (secondary N) is 2. The van der Waals surface area contributed by atoms with E-state index < -0.39 is 0 Å². The zero-order valence-corrected chi connectivity index (χ0v) is 16.2. The van der Waals surface area contributed by atoms with Gasteiger partial charge < -0.3 is 10.6 Å². The lowest BCUT2D eigenvalue weighted by Crippen LogP contribution is -2.30. The molecule has 3 rings (SSSR count). The van der Waals surface area contributed by atoms with Crippen LogP contribution >= 0.6 is 23.1 Å². The predicted molar refractivity (Wildman–Crippen MR) is 108 cm³/mol. The lowest BCUT2D eigenvalue weighted by molar-refractivity contribution is -0.120. The van der Waals surface area contributed by atoms with Crippen LogP contribution in [0.5, 0.6) is 0 Å². The van der Waals surface area contributed by atoms with E-state index in [0.29, 0.717) is 11.7 Å². The molecule has 0 fully saturated rings. The Kier molecular flexibility index (Phi) is 6.25. The average molecular weight is 385 g/mol. The summed E-state index contributed by atoms with van der Waals surface area (Å²) in [6.07, 6.45) is 0. The molecular weight excluding hydrogens is 364 g/mol. The van der Waals surface area contributed by atoms with Gasteiger partial charge in [-0.2, -0.15) is 0 Å². The minimum Gasteiger partial charge on any atom is -0.351 e. The zero-order chi connectivity index (χ0) is 18.4. The van der Waals surface area contributed by atoms with E-state index in [9.17, 15) is 4.79 Å². The minimum absolute atomic E-state index is 0.0119. The number of thioether (sulfide) groups is 1. The number of carbonyl (C=O) groups is 1. The van der Waals surface area contributed by atoms with Crippen LogP contribution in [0.3, 0.4) is 0 Å². The number of aryl methyl sites for hydroxylation is 1. The van der Waals surface area contributed by atoms with Gasteiger partial charge in [0.2, 0.25) is 11.0 Å². The summed E-state index contributed by atoms with van der Waals surface area (Å²) in [5, 5.41) is 15.0. The number of carbonyl (C=O) groups excluding carboxylic acids is 1. The molecule has 2 N–H and O–H groups in total. The van der Waals surface area contributed by atoms with Crippen LogP contribution in [-0.4, -0.2) is 21.4 Å². The number of amides is 1. The molecule has 0 aliphatic carbocycles. The van der Waals surface area contributed by atoms with Crippen molar-refractivity contribution in [1.82, 2.24) is 15.5 Å². The fraction of sp³-hybridized carbons (Fsp3) is 0.211. The quantitative estimate of drug-likeness (QED) is 0.592. The van der Waals surface area contributed by atoms with E-state index in [1.165, 1.54) is 28.7 Å². The highest BCUT2D eigenvalue weighted by molar-refractivity contribution is 8.02. The molecule has 5 nitrogen and oxygen atoms in total. The Morgan fingerprint density at radius 1 is 1.12 bits per heavy atom. The van der Waals surface area contributed by atoms with Crippen LogP contribution in [0.1, 0.15) is 18.1 Å². The van der Waals surface area contributed by atoms with Crippen molar-refractivity contribution in [3.05, 3.63) is 65.7 Å². The number of benzene rings is 2. The van der Waals surface area contributed by atoms with Crippen molar-refractivity contribution in [2.45, 2.75) is 30.0 Å². The first-order chi connectivity index (χ1) is 12.6. The first kappa shape index (κ1) is 18.4. The number of hydrogen-bond acceptors (Lipinski definition) is 6. The number of nitrogens with zero attached hydrogens (tertiary/aromatic N) is 2. The van der Waals surface area contributed by atoms with E-state index in [1.807, 2.05) is 68.4 Å². The summed E-state index contributed by atoms with van der Waals surface area (Å²) in [5.74, 6) is -0.0119. The molecule has 3 aromatic rings. The summed E-state index contributed by atoms with van der Waals surface area (Å²) in [6.45, 7) is 4.45. The molecule has 0 aliphatic rings. The number of hydrogen-bond donors (Lipinski definition) is 2. The Morgan fingerprint density at radius 3 is 2.58 bits per heavy atom. The normalized spacial score (nSPS) is 11.8. The second-order valence-electron chi connectivity index (χ2n) is 5.83. The molecule has 2 aromatic carbocycles. The van der Waals surface area contributed by atoms with Gasteiger partial charge in [-0.25, -0.2) is 0 Å². The van der Waals surface area contributed by atoms with Crippen molar-refractivity contribution in [2.75, 3.05) is 5.32 Å². The first-order valence-corrected chi connectivity index (χ1v) is 9.95. The largest absolute Gasteiger partial charge is 0.351 e. The molecule has 0 spiro atoms. The van der Waals surface area contributed by atoms with Crippen molar-refractivity contribution in [2.24, 2.45) is 0 Å². The number of rotatable bonds is 7. The van der Waals surface area contributed by atoms with Gasteiger partial charge in [0, 0.05) is 12.2 Å². The van der Waals surface area contributed by atoms with E-state index in [1.54, 1.807) is 0 Å². The Morgan fingerprint density at radius 2 is 1.85 bits per heavy atom. The lowest BCUT2D eigenvalue weighted by atomic mass is 10.2. The van der Waals surface area contributed by atoms with Gasteiger partial charge >= 0.3 is 0 Å². The zero-order valence-electron chi connectivity index (χ0n) is 14.6. The van der Waals surface area contributed by atoms with Crippen molar-refractivity contribution >= 4 is 39.8 Å². The van der Waals surface area contributed by atoms with Crippen molar-refractivity contribution < 1.29 is 4.79 Å². The van der Waals surface area contributed by atoms with Gasteiger partial charge in [-0.1, -0.05) is 71.1 Å². The van der Waals surface area contributed by atoms with Crippen LogP contribution in [0.4, 0.5) is 10.8 Å². The van der Waals surface area contributed by atoms with Crippen molar-refractivity contribution in [1.29, 1.82) is 0 Å². The topological polar surface area (TPSA) is 66.9 Å². The van der Waals surface area contributed by atoms with Crippen LogP contribution in [0.15, 0.2) is 58.9 Å². The number of anilines is 2. The molecule has 1 amide bonds. The van der Waals surface area contributed by atoms with Crippen LogP contribution in [0.2, 0.25) is 0 Å². The van der Waals surface area contributed by atoms with E-state index >= 15 is 0 Å². The van der Waals surface area contributed by atoms with Gasteiger partial charge in [0.15, 0.2) is 4.34 Å². The molecule has 1 heterocycles. The molecule has 1 atom stereocenters. The summed E-state index contributed by atoms with van der Waals surface area (Å²) in [6, 6.07) is 18.0. The highest BCUT2D eigenvalue weighted by Gasteiger charge is 2.17. The molecule has 26 heavy (non-hydrogen) atoms. The molecule has 0 saturated heterocycles. The standard InChI is InChI=1S/C19H20N4OS2/c1-13-8-10-16(11-9-13)21-18-22-23-19(26-18)25-14(2)17(24)20-12-15-6-4-3-5-7-15/h3-11,14H,12H2,1-2H3,(H,20,24)(H,21,22)/t14-/m1/s1. The van der Waals surface area contributed by atoms with Crippen molar-refractivity contribution in [3.63, 3.8) is 0 Å². The summed E-state index contributed by atoms with van der Waals surface area (Å²) in [4.78, 5) is 12.3. The fourth-order valence-corrected chi connectivity index (χ4v) is 4.14. The predicted octanol–water partition coefficient (Wildman–Crippen LogP) is 4.39. The van der Waals surface area contributed by atoms with E-state index in [4.69, 9.17) is 0 Å². The van der Waals surface area contributed by atoms with Gasteiger partial charge in [-0.3, -0.25) is 4.79 Å². The Bertz CT molecular complexity index is 849. The molecule has 0 unspecified atom stereocenters. The fourth-order valence-electron chi connectivity index (χ4n) is 2.20. The van der Waals surface area contributed by atoms with E-state index in [-0.39, 0.29) is 11.2 Å². The second-order valence-corrected chi connectivity index (χ2v) is 8.39. The molecular formula is C19H20N4OS2. The summed E-state index contributed by atoms with van der Waals surface area (Å²) in [5.41, 5.74) is 3.26. The average Bonchev–Trinajstić information content (AvgIpc) is 3.09. The van der Waals surface area contributed by atoms with Gasteiger partial charge in [0.1, 0.15) is 0 Å². The van der Waals surface area contributed by atoms with Crippen LogP contribution in [0, 0.1) is 6.92 Å². The third-order valence-electron chi connectivity index (χ3n) is 3.67. The van der Waals surface area contributed by atoms with E-state index in [0.717, 1.165) is 15.6 Å². The Balaban J connectivity index is 1.51. The third kappa shape index (κ3) is 5.31. The van der Waals surface area contributed by atoms with Crippen LogP contribution in [0.25, 0.3) is 0 Å². The molecule has 0 bridgehead atoms. The monoisotopic (exact) mass is 384 g/mol. The second kappa shape index (κ2) is 8.82. The molecule has 0 aliphatic heterocycles. The molecule has 134 valence electrons. The summed E-state index contributed by atoms with van der Waals surface area (Å²) >= 11 is 2.86. The maximum Gasteiger partial charge on any atom is 0.233 e. The highest BCUT2D eigenvalue weighted by atomic mass is 32.2. The third-order valence-corrected chi connectivity index (χ3v) is 5.69. The van der Waals surface area contributed by atoms with Gasteiger partial charge in [0.05, 0.1) is 5.25 Å². The molecule has 0 saturated carbocycles. The smallest absolute Gasteiger partial charge is 0.233 e. The van der Waals surface area contributed by atoms with E-state index in [2.05, 4.69) is 20.8 Å². The number of aromatic nitrogens is 2. The summed E-state index contributed by atoms with van der Waals surface area (Å²) in [7, 11) is 0. The lowest BCUT2D eigenvalue weighted by Gasteiger charge is -2.10. The van der Waals surface area contributed by atoms with Gasteiger partial charge in [-0.15, -0.1) is 10.2 Å². The SMILES string of the molecule is Cc1ccc(Nc2nnc(S[C@H](C)C(=O)NCc3ccccc3)s2)cc1. The van der Waals surface area contributed by atoms with Crippen LogP contribution in [-0.2, 0) is 11.3 Å². The molecule has 0 radical (unpaired) electrons. The van der Waals surface area contributed by atoms with Gasteiger partial charge in [-0.05, 0) is 31.5 Å². The maximum atomic E-state index is 12.3.